The Bertz CT molecular complexity index is 415. The number of para-hydroxylation sites is 1. The van der Waals surface area contributed by atoms with Gasteiger partial charge in [-0.25, -0.2) is 0 Å². The fraction of sp³-hybridized carbons (Fsp3) is 0.429. The van der Waals surface area contributed by atoms with Gasteiger partial charge in [-0.15, -0.1) is 0 Å². The van der Waals surface area contributed by atoms with Gasteiger partial charge in [-0.2, -0.15) is 0 Å². The molecule has 2 nitrogen and oxygen atoms in total. The molecular formula is C14H18ClNO. The number of aromatic hydroxyl groups is 1. The number of rotatable bonds is 5. The minimum absolute atomic E-state index is 0.196. The zero-order valence-electron chi connectivity index (χ0n) is 9.88. The summed E-state index contributed by atoms with van der Waals surface area (Å²) in [5, 5.41) is 13.5. The predicted octanol–water partition coefficient (Wildman–Crippen LogP) is 3.64. The molecule has 0 saturated carbocycles. The highest BCUT2D eigenvalue weighted by Gasteiger charge is 2.06. The summed E-state index contributed by atoms with van der Waals surface area (Å²) in [5.41, 5.74) is 2.42. The van der Waals surface area contributed by atoms with Gasteiger partial charge < -0.3 is 10.4 Å². The molecule has 0 aliphatic heterocycles. The fourth-order valence-electron chi connectivity index (χ4n) is 2.14. The van der Waals surface area contributed by atoms with Crippen molar-refractivity contribution < 1.29 is 5.11 Å². The van der Waals surface area contributed by atoms with E-state index in [0.29, 0.717) is 11.6 Å². The Hall–Kier alpha value is -0.990. The van der Waals surface area contributed by atoms with Crippen LogP contribution in [0.4, 0.5) is 0 Å². The van der Waals surface area contributed by atoms with E-state index in [9.17, 15) is 5.11 Å². The zero-order valence-corrected chi connectivity index (χ0v) is 10.6. The average molecular weight is 252 g/mol. The Labute approximate surface area is 107 Å². The molecule has 0 bridgehead atoms. The number of allylic oxidation sites excluding steroid dienone is 1. The quantitative estimate of drug-likeness (QED) is 0.619. The van der Waals surface area contributed by atoms with Crippen LogP contribution in [0.15, 0.2) is 29.8 Å². The van der Waals surface area contributed by atoms with Crippen molar-refractivity contribution in [2.45, 2.75) is 32.2 Å². The van der Waals surface area contributed by atoms with Gasteiger partial charge in [0.25, 0.3) is 0 Å². The summed E-state index contributed by atoms with van der Waals surface area (Å²) in [6.45, 7) is 1.62. The van der Waals surface area contributed by atoms with Gasteiger partial charge in [0.2, 0.25) is 0 Å². The summed E-state index contributed by atoms with van der Waals surface area (Å²) in [6.07, 6.45) is 7.26. The maximum absolute atomic E-state index is 9.73. The van der Waals surface area contributed by atoms with E-state index < -0.39 is 0 Å². The van der Waals surface area contributed by atoms with Gasteiger partial charge in [-0.05, 0) is 38.3 Å². The van der Waals surface area contributed by atoms with Gasteiger partial charge in [0.1, 0.15) is 5.75 Å². The molecule has 1 aromatic rings. The van der Waals surface area contributed by atoms with Crippen LogP contribution in [0.25, 0.3) is 0 Å². The van der Waals surface area contributed by atoms with Crippen molar-refractivity contribution in [1.29, 1.82) is 0 Å². The Balaban J connectivity index is 1.76. The molecule has 0 radical (unpaired) electrons. The third-order valence-corrected chi connectivity index (χ3v) is 3.45. The van der Waals surface area contributed by atoms with E-state index in [1.165, 1.54) is 19.3 Å². The highest BCUT2D eigenvalue weighted by molar-refractivity contribution is 6.32. The van der Waals surface area contributed by atoms with Crippen LogP contribution in [-0.4, -0.2) is 11.7 Å². The Morgan fingerprint density at radius 2 is 2.24 bits per heavy atom. The van der Waals surface area contributed by atoms with E-state index in [4.69, 9.17) is 11.6 Å². The minimum Gasteiger partial charge on any atom is -0.506 e. The van der Waals surface area contributed by atoms with Crippen molar-refractivity contribution in [3.63, 3.8) is 0 Å². The maximum atomic E-state index is 9.73. The lowest BCUT2D eigenvalue weighted by atomic mass is 10.1. The van der Waals surface area contributed by atoms with E-state index in [-0.39, 0.29) is 5.75 Å². The SMILES string of the molecule is Oc1c(Cl)cccc1CNCCC1=CCCC1. The van der Waals surface area contributed by atoms with Crippen molar-refractivity contribution >= 4 is 11.6 Å². The minimum atomic E-state index is 0.196. The van der Waals surface area contributed by atoms with Crippen molar-refractivity contribution in [2.24, 2.45) is 0 Å². The molecule has 1 aliphatic rings. The number of phenols is 1. The molecule has 2 rings (SSSR count). The Kier molecular flexibility index (Phi) is 4.46. The van der Waals surface area contributed by atoms with Crippen LogP contribution in [-0.2, 0) is 6.54 Å². The van der Waals surface area contributed by atoms with Gasteiger partial charge in [-0.1, -0.05) is 35.4 Å². The van der Waals surface area contributed by atoms with Gasteiger partial charge in [0.05, 0.1) is 5.02 Å². The third-order valence-electron chi connectivity index (χ3n) is 3.14. The molecule has 1 aliphatic carbocycles. The first kappa shape index (κ1) is 12.5. The van der Waals surface area contributed by atoms with Gasteiger partial charge in [-0.3, -0.25) is 0 Å². The lowest BCUT2D eigenvalue weighted by molar-refractivity contribution is 0.465. The van der Waals surface area contributed by atoms with Crippen molar-refractivity contribution in [2.75, 3.05) is 6.54 Å². The molecule has 0 saturated heterocycles. The Morgan fingerprint density at radius 1 is 1.35 bits per heavy atom. The largest absolute Gasteiger partial charge is 0.506 e. The van der Waals surface area contributed by atoms with Crippen molar-refractivity contribution in [1.82, 2.24) is 5.32 Å². The van der Waals surface area contributed by atoms with Crippen LogP contribution in [0, 0.1) is 0 Å². The second-order valence-corrected chi connectivity index (χ2v) is 4.84. The second-order valence-electron chi connectivity index (χ2n) is 4.43. The molecular weight excluding hydrogens is 234 g/mol. The number of hydrogen-bond acceptors (Lipinski definition) is 2. The number of hydrogen-bond donors (Lipinski definition) is 2. The number of halogens is 1. The van der Waals surface area contributed by atoms with Crippen LogP contribution >= 0.6 is 11.6 Å². The molecule has 2 N–H and O–H groups in total. The van der Waals surface area contributed by atoms with Crippen LogP contribution in [0.3, 0.4) is 0 Å². The smallest absolute Gasteiger partial charge is 0.138 e. The van der Waals surface area contributed by atoms with E-state index >= 15 is 0 Å². The monoisotopic (exact) mass is 251 g/mol. The van der Waals surface area contributed by atoms with E-state index in [1.807, 2.05) is 12.1 Å². The van der Waals surface area contributed by atoms with Crippen molar-refractivity contribution in [3.05, 3.63) is 40.4 Å². The summed E-state index contributed by atoms with van der Waals surface area (Å²) in [7, 11) is 0. The standard InChI is InChI=1S/C14H18ClNO/c15-13-7-3-6-12(14(13)17)10-16-9-8-11-4-1-2-5-11/h3-4,6-7,16-17H,1-2,5,8-10H2. The first-order valence-corrected chi connectivity index (χ1v) is 6.50. The van der Waals surface area contributed by atoms with Crippen LogP contribution in [0.2, 0.25) is 5.02 Å². The lowest BCUT2D eigenvalue weighted by Gasteiger charge is -2.08. The first-order valence-electron chi connectivity index (χ1n) is 6.12. The Morgan fingerprint density at radius 3 is 3.00 bits per heavy atom. The molecule has 17 heavy (non-hydrogen) atoms. The summed E-state index contributed by atoms with van der Waals surface area (Å²) < 4.78 is 0. The highest BCUT2D eigenvalue weighted by Crippen LogP contribution is 2.26. The molecule has 0 fully saturated rings. The lowest BCUT2D eigenvalue weighted by Crippen LogP contribution is -2.15. The molecule has 0 spiro atoms. The predicted molar refractivity (Wildman–Crippen MR) is 71.4 cm³/mol. The normalized spacial score (nSPS) is 15.0. The fourth-order valence-corrected chi connectivity index (χ4v) is 2.33. The van der Waals surface area contributed by atoms with E-state index in [1.54, 1.807) is 11.6 Å². The molecule has 0 aromatic heterocycles. The summed E-state index contributed by atoms with van der Waals surface area (Å²) in [5.74, 6) is 0.196. The van der Waals surface area contributed by atoms with Crippen LogP contribution in [0.1, 0.15) is 31.2 Å². The molecule has 92 valence electrons. The number of phenolic OH excluding ortho intramolecular Hbond substituents is 1. The average Bonchev–Trinajstić information content (AvgIpc) is 2.83. The van der Waals surface area contributed by atoms with Crippen LogP contribution in [0.5, 0.6) is 5.75 Å². The van der Waals surface area contributed by atoms with Gasteiger partial charge >= 0.3 is 0 Å². The number of benzene rings is 1. The van der Waals surface area contributed by atoms with Gasteiger partial charge in [0, 0.05) is 12.1 Å². The van der Waals surface area contributed by atoms with E-state index in [2.05, 4.69) is 11.4 Å². The molecule has 0 amide bonds. The molecule has 1 aromatic carbocycles. The summed E-state index contributed by atoms with van der Waals surface area (Å²) in [4.78, 5) is 0. The van der Waals surface area contributed by atoms with Crippen molar-refractivity contribution in [3.8, 4) is 5.75 Å². The molecule has 0 unspecified atom stereocenters. The third kappa shape index (κ3) is 3.48. The summed E-state index contributed by atoms with van der Waals surface area (Å²) in [6, 6.07) is 5.45. The molecule has 3 heteroatoms. The van der Waals surface area contributed by atoms with E-state index in [0.717, 1.165) is 18.5 Å². The topological polar surface area (TPSA) is 32.3 Å². The second kappa shape index (κ2) is 6.08. The maximum Gasteiger partial charge on any atom is 0.138 e. The first-order chi connectivity index (χ1) is 8.27. The summed E-state index contributed by atoms with van der Waals surface area (Å²) >= 11 is 5.84. The van der Waals surface area contributed by atoms with Crippen LogP contribution < -0.4 is 5.32 Å². The zero-order chi connectivity index (χ0) is 12.1. The molecule has 0 atom stereocenters. The molecule has 0 heterocycles. The highest BCUT2D eigenvalue weighted by atomic mass is 35.5. The van der Waals surface area contributed by atoms with Gasteiger partial charge in [0.15, 0.2) is 0 Å². The number of nitrogens with one attached hydrogen (secondary N) is 1.